The number of carboxylic acid groups (broad SMARTS) is 1. The van der Waals surface area contributed by atoms with Gasteiger partial charge in [-0.3, -0.25) is 4.79 Å². The summed E-state index contributed by atoms with van der Waals surface area (Å²) in [7, 11) is 0. The molecule has 1 N–H and O–H groups in total. The van der Waals surface area contributed by atoms with Crippen LogP contribution in [0.4, 0.5) is 0 Å². The molecule has 0 aliphatic rings. The summed E-state index contributed by atoms with van der Waals surface area (Å²) >= 11 is 0. The molecule has 0 spiro atoms. The Labute approximate surface area is 140 Å². The van der Waals surface area contributed by atoms with Crippen molar-refractivity contribution >= 4 is 16.7 Å². The number of rotatable bonds is 4. The van der Waals surface area contributed by atoms with Gasteiger partial charge in [0.25, 0.3) is 5.56 Å². The van der Waals surface area contributed by atoms with Gasteiger partial charge in [0.05, 0.1) is 12.1 Å². The molecule has 24 heavy (non-hydrogen) atoms. The fraction of sp³-hybridized carbons (Fsp3) is 0.200. The molecule has 3 aromatic rings. The van der Waals surface area contributed by atoms with Crippen LogP contribution in [0.3, 0.4) is 0 Å². The Morgan fingerprint density at radius 2 is 1.88 bits per heavy atom. The van der Waals surface area contributed by atoms with Gasteiger partial charge < -0.3 is 9.67 Å². The molecule has 0 aliphatic heterocycles. The smallest absolute Gasteiger partial charge is 0.336 e. The van der Waals surface area contributed by atoms with Crippen LogP contribution in [0.1, 0.15) is 41.3 Å². The predicted octanol–water partition coefficient (Wildman–Crippen LogP) is 3.87. The largest absolute Gasteiger partial charge is 0.478 e. The van der Waals surface area contributed by atoms with Crippen molar-refractivity contribution in [2.75, 3.05) is 0 Å². The molecule has 0 aliphatic carbocycles. The van der Waals surface area contributed by atoms with Gasteiger partial charge in [0.2, 0.25) is 0 Å². The van der Waals surface area contributed by atoms with Gasteiger partial charge in [-0.15, -0.1) is 0 Å². The first-order chi connectivity index (χ1) is 11.5. The van der Waals surface area contributed by atoms with E-state index in [0.29, 0.717) is 16.9 Å². The molecule has 0 radical (unpaired) electrons. The average molecular weight is 321 g/mol. The Hall–Kier alpha value is -2.88. The summed E-state index contributed by atoms with van der Waals surface area (Å²) in [4.78, 5) is 24.1. The lowest BCUT2D eigenvalue weighted by atomic mass is 10.00. The van der Waals surface area contributed by atoms with Crippen molar-refractivity contribution in [1.82, 2.24) is 4.57 Å². The fourth-order valence-corrected chi connectivity index (χ4v) is 2.83. The number of pyridine rings is 1. The number of benzene rings is 2. The summed E-state index contributed by atoms with van der Waals surface area (Å²) in [5, 5.41) is 10.9. The molecule has 0 unspecified atom stereocenters. The lowest BCUT2D eigenvalue weighted by Crippen LogP contribution is -2.21. The first kappa shape index (κ1) is 16.0. The van der Waals surface area contributed by atoms with Crippen LogP contribution in [-0.4, -0.2) is 15.6 Å². The minimum atomic E-state index is -0.985. The van der Waals surface area contributed by atoms with Crippen molar-refractivity contribution in [2.24, 2.45) is 0 Å². The average Bonchev–Trinajstić information content (AvgIpc) is 2.57. The van der Waals surface area contributed by atoms with Gasteiger partial charge in [0.15, 0.2) is 0 Å². The van der Waals surface area contributed by atoms with E-state index < -0.39 is 5.97 Å². The van der Waals surface area contributed by atoms with Crippen molar-refractivity contribution in [2.45, 2.75) is 26.3 Å². The highest BCUT2D eigenvalue weighted by Gasteiger charge is 2.11. The molecule has 4 heteroatoms. The second-order valence-corrected chi connectivity index (χ2v) is 6.21. The van der Waals surface area contributed by atoms with Crippen molar-refractivity contribution in [3.05, 3.63) is 81.8 Å². The molecule has 0 fully saturated rings. The van der Waals surface area contributed by atoms with Gasteiger partial charge >= 0.3 is 5.97 Å². The van der Waals surface area contributed by atoms with Gasteiger partial charge in [0, 0.05) is 11.6 Å². The monoisotopic (exact) mass is 321 g/mol. The summed E-state index contributed by atoms with van der Waals surface area (Å²) in [6.45, 7) is 4.42. The number of nitrogens with zero attached hydrogens (tertiary/aromatic N) is 1. The van der Waals surface area contributed by atoms with Gasteiger partial charge in [-0.2, -0.15) is 0 Å². The molecule has 0 amide bonds. The lowest BCUT2D eigenvalue weighted by molar-refractivity contribution is 0.0695. The Bertz CT molecular complexity index is 970. The van der Waals surface area contributed by atoms with E-state index in [4.69, 9.17) is 0 Å². The van der Waals surface area contributed by atoms with Crippen LogP contribution in [-0.2, 0) is 6.54 Å². The van der Waals surface area contributed by atoms with E-state index in [1.54, 1.807) is 35.0 Å². The molecule has 1 aromatic heterocycles. The third-order valence-corrected chi connectivity index (χ3v) is 4.26. The first-order valence-corrected chi connectivity index (χ1v) is 7.91. The Morgan fingerprint density at radius 3 is 2.58 bits per heavy atom. The van der Waals surface area contributed by atoms with Crippen LogP contribution < -0.4 is 5.56 Å². The van der Waals surface area contributed by atoms with E-state index in [2.05, 4.69) is 13.8 Å². The molecule has 4 nitrogen and oxygen atoms in total. The maximum Gasteiger partial charge on any atom is 0.336 e. The quantitative estimate of drug-likeness (QED) is 0.793. The summed E-state index contributed by atoms with van der Waals surface area (Å²) in [6.07, 6.45) is 1.72. The highest BCUT2D eigenvalue weighted by Crippen LogP contribution is 2.19. The first-order valence-electron chi connectivity index (χ1n) is 7.91. The number of aromatic carboxylic acids is 1. The molecule has 0 saturated carbocycles. The molecular weight excluding hydrogens is 302 g/mol. The number of hydrogen-bond acceptors (Lipinski definition) is 2. The molecule has 1 heterocycles. The number of aromatic nitrogens is 1. The normalized spacial score (nSPS) is 11.1. The minimum Gasteiger partial charge on any atom is -0.478 e. The van der Waals surface area contributed by atoms with Crippen molar-refractivity contribution in [3.8, 4) is 0 Å². The number of hydrogen-bond donors (Lipinski definition) is 1. The van der Waals surface area contributed by atoms with Gasteiger partial charge in [-0.05, 0) is 40.6 Å². The van der Waals surface area contributed by atoms with E-state index in [9.17, 15) is 14.7 Å². The van der Waals surface area contributed by atoms with Crippen LogP contribution in [0.2, 0.25) is 0 Å². The number of carboxylic acids is 1. The standard InChI is InChI=1S/C20H19NO3/c1-13(2)15-8-7-14-9-10-21(19(22)18(14)11-15)12-16-5-3-4-6-17(16)20(23)24/h3-11,13H,12H2,1-2H3,(H,23,24). The van der Waals surface area contributed by atoms with Gasteiger partial charge in [-0.1, -0.05) is 44.2 Å². The molecule has 2 aromatic carbocycles. The van der Waals surface area contributed by atoms with Crippen LogP contribution in [0.15, 0.2) is 59.5 Å². The summed E-state index contributed by atoms with van der Waals surface area (Å²) in [5.74, 6) is -0.642. The van der Waals surface area contributed by atoms with E-state index >= 15 is 0 Å². The summed E-state index contributed by atoms with van der Waals surface area (Å²) in [5.41, 5.74) is 1.85. The second kappa shape index (κ2) is 6.32. The zero-order chi connectivity index (χ0) is 17.3. The van der Waals surface area contributed by atoms with E-state index in [1.165, 1.54) is 0 Å². The van der Waals surface area contributed by atoms with Gasteiger partial charge in [0.1, 0.15) is 0 Å². The summed E-state index contributed by atoms with van der Waals surface area (Å²) < 4.78 is 1.56. The maximum atomic E-state index is 12.8. The molecule has 3 rings (SSSR count). The van der Waals surface area contributed by atoms with Crippen LogP contribution in [0.5, 0.6) is 0 Å². The van der Waals surface area contributed by atoms with Gasteiger partial charge in [-0.25, -0.2) is 4.79 Å². The van der Waals surface area contributed by atoms with Crippen molar-refractivity contribution < 1.29 is 9.90 Å². The zero-order valence-electron chi connectivity index (χ0n) is 13.7. The minimum absolute atomic E-state index is 0.102. The molecular formula is C20H19NO3. The van der Waals surface area contributed by atoms with E-state index in [-0.39, 0.29) is 17.7 Å². The van der Waals surface area contributed by atoms with E-state index in [0.717, 1.165) is 10.9 Å². The topological polar surface area (TPSA) is 59.3 Å². The second-order valence-electron chi connectivity index (χ2n) is 6.21. The maximum absolute atomic E-state index is 12.8. The lowest BCUT2D eigenvalue weighted by Gasteiger charge is -2.11. The number of carbonyl (C=O) groups is 1. The molecule has 122 valence electrons. The molecule has 0 atom stereocenters. The van der Waals surface area contributed by atoms with Crippen molar-refractivity contribution in [3.63, 3.8) is 0 Å². The van der Waals surface area contributed by atoms with Crippen LogP contribution in [0, 0.1) is 0 Å². The SMILES string of the molecule is CC(C)c1ccc2ccn(Cc3ccccc3C(=O)O)c(=O)c2c1. The van der Waals surface area contributed by atoms with E-state index in [1.807, 2.05) is 24.3 Å². The third-order valence-electron chi connectivity index (χ3n) is 4.26. The highest BCUT2D eigenvalue weighted by molar-refractivity contribution is 5.89. The van der Waals surface area contributed by atoms with Crippen molar-refractivity contribution in [1.29, 1.82) is 0 Å². The Morgan fingerprint density at radius 1 is 1.12 bits per heavy atom. The third kappa shape index (κ3) is 2.95. The molecule has 0 saturated heterocycles. The zero-order valence-corrected chi connectivity index (χ0v) is 13.7. The molecule has 0 bridgehead atoms. The Balaban J connectivity index is 2.10. The fourth-order valence-electron chi connectivity index (χ4n) is 2.83. The Kier molecular flexibility index (Phi) is 4.21. The number of fused-ring (bicyclic) bond motifs is 1. The summed E-state index contributed by atoms with van der Waals surface area (Å²) in [6, 6.07) is 14.6. The highest BCUT2D eigenvalue weighted by atomic mass is 16.4. The van der Waals surface area contributed by atoms with Crippen LogP contribution >= 0.6 is 0 Å². The predicted molar refractivity (Wildman–Crippen MR) is 94.8 cm³/mol. The van der Waals surface area contributed by atoms with Crippen LogP contribution in [0.25, 0.3) is 10.8 Å².